The summed E-state index contributed by atoms with van der Waals surface area (Å²) in [6.07, 6.45) is 3.55. The molecule has 1 heterocycles. The van der Waals surface area contributed by atoms with E-state index in [9.17, 15) is 4.79 Å². The molecule has 0 aliphatic carbocycles. The standard InChI is InChI=1S/C25H30N2O3/c1-17(2)15-19-9-11-20(12-10-19)23-16-26-25(30-23)14-13-24(28)27-18(3)21-7-5-6-8-22(21)29-4/h5-12,16-18H,13-15H2,1-4H3,(H,27,28)/t18-/m1/s1. The Hall–Kier alpha value is -3.08. The quantitative estimate of drug-likeness (QED) is 0.520. The molecule has 0 bridgehead atoms. The normalized spacial score (nSPS) is 12.0. The average molecular weight is 407 g/mol. The van der Waals surface area contributed by atoms with Gasteiger partial charge in [0, 0.05) is 24.0 Å². The van der Waals surface area contributed by atoms with Gasteiger partial charge in [-0.1, -0.05) is 56.3 Å². The molecule has 1 aromatic heterocycles. The van der Waals surface area contributed by atoms with Crippen LogP contribution >= 0.6 is 0 Å². The molecule has 30 heavy (non-hydrogen) atoms. The van der Waals surface area contributed by atoms with Gasteiger partial charge >= 0.3 is 0 Å². The van der Waals surface area contributed by atoms with Crippen molar-refractivity contribution < 1.29 is 13.9 Å². The molecular formula is C25H30N2O3. The number of nitrogens with one attached hydrogen (secondary N) is 1. The fraction of sp³-hybridized carbons (Fsp3) is 0.360. The molecule has 3 aromatic rings. The lowest BCUT2D eigenvalue weighted by atomic mass is 10.0. The Balaban J connectivity index is 1.54. The molecule has 1 N–H and O–H groups in total. The van der Waals surface area contributed by atoms with E-state index in [0.29, 0.717) is 24.7 Å². The molecule has 5 heteroatoms. The summed E-state index contributed by atoms with van der Waals surface area (Å²) < 4.78 is 11.2. The van der Waals surface area contributed by atoms with Gasteiger partial charge in [-0.15, -0.1) is 0 Å². The molecule has 5 nitrogen and oxygen atoms in total. The van der Waals surface area contributed by atoms with Gasteiger partial charge in [0.15, 0.2) is 11.7 Å². The molecule has 0 aliphatic rings. The Kier molecular flexibility index (Phi) is 7.28. The van der Waals surface area contributed by atoms with E-state index in [-0.39, 0.29) is 11.9 Å². The van der Waals surface area contributed by atoms with E-state index < -0.39 is 0 Å². The van der Waals surface area contributed by atoms with Gasteiger partial charge in [0.2, 0.25) is 5.91 Å². The second-order valence-electron chi connectivity index (χ2n) is 7.94. The van der Waals surface area contributed by atoms with Crippen LogP contribution in [0.1, 0.15) is 50.3 Å². The third-order valence-electron chi connectivity index (χ3n) is 4.98. The van der Waals surface area contributed by atoms with Gasteiger partial charge in [0.05, 0.1) is 19.3 Å². The second-order valence-corrected chi connectivity index (χ2v) is 7.94. The maximum Gasteiger partial charge on any atom is 0.220 e. The van der Waals surface area contributed by atoms with Crippen LogP contribution < -0.4 is 10.1 Å². The summed E-state index contributed by atoms with van der Waals surface area (Å²) in [4.78, 5) is 16.7. The minimum Gasteiger partial charge on any atom is -0.496 e. The van der Waals surface area contributed by atoms with Crippen LogP contribution in [0.15, 0.2) is 59.1 Å². The molecule has 2 aromatic carbocycles. The number of aryl methyl sites for hydroxylation is 1. The van der Waals surface area contributed by atoms with Crippen molar-refractivity contribution in [3.8, 4) is 17.1 Å². The van der Waals surface area contributed by atoms with Crippen molar-refractivity contribution in [2.24, 2.45) is 5.92 Å². The van der Waals surface area contributed by atoms with Crippen molar-refractivity contribution in [3.05, 3.63) is 71.7 Å². The number of nitrogens with zero attached hydrogens (tertiary/aromatic N) is 1. The number of methoxy groups -OCH3 is 1. The SMILES string of the molecule is COc1ccccc1[C@@H](C)NC(=O)CCc1ncc(-c2ccc(CC(C)C)cc2)o1. The molecule has 0 spiro atoms. The Morgan fingerprint density at radius 1 is 1.10 bits per heavy atom. The molecule has 0 saturated carbocycles. The third-order valence-corrected chi connectivity index (χ3v) is 4.98. The molecule has 0 fully saturated rings. The number of oxazole rings is 1. The Morgan fingerprint density at radius 3 is 2.53 bits per heavy atom. The van der Waals surface area contributed by atoms with E-state index >= 15 is 0 Å². The fourth-order valence-corrected chi connectivity index (χ4v) is 3.47. The van der Waals surface area contributed by atoms with Gasteiger partial charge < -0.3 is 14.5 Å². The zero-order valence-electron chi connectivity index (χ0n) is 18.1. The molecule has 0 saturated heterocycles. The minimum absolute atomic E-state index is 0.0498. The van der Waals surface area contributed by atoms with Crippen LogP contribution in [0.5, 0.6) is 5.75 Å². The Labute approximate surface area is 178 Å². The van der Waals surface area contributed by atoms with Crippen LogP contribution in [0.2, 0.25) is 0 Å². The lowest BCUT2D eigenvalue weighted by molar-refractivity contribution is -0.121. The van der Waals surface area contributed by atoms with Crippen molar-refractivity contribution in [3.63, 3.8) is 0 Å². The minimum atomic E-state index is -0.141. The first kappa shape index (κ1) is 21.6. The number of hydrogen-bond acceptors (Lipinski definition) is 4. The first-order valence-electron chi connectivity index (χ1n) is 10.4. The molecule has 0 aliphatic heterocycles. The van der Waals surface area contributed by atoms with Gasteiger partial charge in [0.1, 0.15) is 5.75 Å². The zero-order valence-corrected chi connectivity index (χ0v) is 18.1. The van der Waals surface area contributed by atoms with Crippen LogP contribution in [0.4, 0.5) is 0 Å². The summed E-state index contributed by atoms with van der Waals surface area (Å²) in [7, 11) is 1.63. The van der Waals surface area contributed by atoms with Crippen molar-refractivity contribution in [2.45, 2.75) is 46.1 Å². The van der Waals surface area contributed by atoms with E-state index in [4.69, 9.17) is 9.15 Å². The monoisotopic (exact) mass is 406 g/mol. The molecule has 1 atom stereocenters. The largest absolute Gasteiger partial charge is 0.496 e. The lowest BCUT2D eigenvalue weighted by Gasteiger charge is -2.17. The highest BCUT2D eigenvalue weighted by molar-refractivity contribution is 5.76. The van der Waals surface area contributed by atoms with Crippen molar-refractivity contribution in [2.75, 3.05) is 7.11 Å². The first-order chi connectivity index (χ1) is 14.5. The highest BCUT2D eigenvalue weighted by atomic mass is 16.5. The third kappa shape index (κ3) is 5.72. The number of para-hydroxylation sites is 1. The average Bonchev–Trinajstić information content (AvgIpc) is 3.21. The van der Waals surface area contributed by atoms with Crippen LogP contribution in [0, 0.1) is 5.92 Å². The summed E-state index contributed by atoms with van der Waals surface area (Å²) in [5, 5.41) is 3.01. The summed E-state index contributed by atoms with van der Waals surface area (Å²) in [6.45, 7) is 6.37. The molecule has 158 valence electrons. The molecular weight excluding hydrogens is 376 g/mol. The number of carbonyl (C=O) groups excluding carboxylic acids is 1. The maximum atomic E-state index is 12.4. The van der Waals surface area contributed by atoms with Crippen molar-refractivity contribution in [1.29, 1.82) is 0 Å². The van der Waals surface area contributed by atoms with Crippen LogP contribution in [-0.2, 0) is 17.6 Å². The van der Waals surface area contributed by atoms with Gasteiger partial charge in [-0.25, -0.2) is 4.98 Å². The number of carbonyl (C=O) groups is 1. The summed E-state index contributed by atoms with van der Waals surface area (Å²) in [6, 6.07) is 15.9. The topological polar surface area (TPSA) is 64.4 Å². The number of hydrogen-bond donors (Lipinski definition) is 1. The fourth-order valence-electron chi connectivity index (χ4n) is 3.47. The number of amides is 1. The summed E-state index contributed by atoms with van der Waals surface area (Å²) in [5.74, 6) is 2.64. The number of benzene rings is 2. The van der Waals surface area contributed by atoms with Crippen molar-refractivity contribution in [1.82, 2.24) is 10.3 Å². The number of ether oxygens (including phenoxy) is 1. The Morgan fingerprint density at radius 2 is 1.83 bits per heavy atom. The highest BCUT2D eigenvalue weighted by Gasteiger charge is 2.15. The first-order valence-corrected chi connectivity index (χ1v) is 10.4. The predicted molar refractivity (Wildman–Crippen MR) is 118 cm³/mol. The van der Waals surface area contributed by atoms with Crippen LogP contribution in [-0.4, -0.2) is 18.0 Å². The van der Waals surface area contributed by atoms with Crippen LogP contribution in [0.25, 0.3) is 11.3 Å². The maximum absolute atomic E-state index is 12.4. The number of rotatable bonds is 9. The highest BCUT2D eigenvalue weighted by Crippen LogP contribution is 2.25. The molecule has 1 amide bonds. The second kappa shape index (κ2) is 10.1. The summed E-state index contributed by atoms with van der Waals surface area (Å²) in [5.41, 5.74) is 3.26. The van der Waals surface area contributed by atoms with Gasteiger partial charge in [-0.3, -0.25) is 4.79 Å². The van der Waals surface area contributed by atoms with Gasteiger partial charge in [0.25, 0.3) is 0 Å². The van der Waals surface area contributed by atoms with E-state index in [1.807, 2.05) is 31.2 Å². The molecule has 0 unspecified atom stereocenters. The van der Waals surface area contributed by atoms with Crippen molar-refractivity contribution >= 4 is 5.91 Å². The van der Waals surface area contributed by atoms with E-state index in [2.05, 4.69) is 48.4 Å². The number of aromatic nitrogens is 1. The van der Waals surface area contributed by atoms with Gasteiger partial charge in [-0.2, -0.15) is 0 Å². The Bertz CT molecular complexity index is 961. The van der Waals surface area contributed by atoms with Crippen LogP contribution in [0.3, 0.4) is 0 Å². The van der Waals surface area contributed by atoms with E-state index in [1.165, 1.54) is 5.56 Å². The smallest absolute Gasteiger partial charge is 0.220 e. The van der Waals surface area contributed by atoms with E-state index in [1.54, 1.807) is 13.3 Å². The van der Waals surface area contributed by atoms with E-state index in [0.717, 1.165) is 29.1 Å². The molecule has 0 radical (unpaired) electrons. The van der Waals surface area contributed by atoms with Gasteiger partial charge in [-0.05, 0) is 30.9 Å². The predicted octanol–water partition coefficient (Wildman–Crippen LogP) is 5.36. The zero-order chi connectivity index (χ0) is 21.5. The molecule has 3 rings (SSSR count). The summed E-state index contributed by atoms with van der Waals surface area (Å²) >= 11 is 0. The lowest BCUT2D eigenvalue weighted by Crippen LogP contribution is -2.27.